The maximum Gasteiger partial charge on any atom is 0.251 e. The molecule has 0 aromatic heterocycles. The van der Waals surface area contributed by atoms with Gasteiger partial charge in [0.2, 0.25) is 15.9 Å². The van der Waals surface area contributed by atoms with Crippen molar-refractivity contribution in [1.29, 1.82) is 0 Å². The van der Waals surface area contributed by atoms with E-state index in [1.54, 1.807) is 26.0 Å². The number of hydrogen-bond acceptors (Lipinski definition) is 5. The molecule has 2 rings (SSSR count). The molecule has 0 aliphatic rings. The zero-order valence-electron chi connectivity index (χ0n) is 18.5. The van der Waals surface area contributed by atoms with Crippen LogP contribution in [-0.2, 0) is 14.8 Å². The summed E-state index contributed by atoms with van der Waals surface area (Å²) in [6.45, 7) is 7.75. The molecule has 0 heterocycles. The number of nitrogens with one attached hydrogen (secondary N) is 2. The van der Waals surface area contributed by atoms with Gasteiger partial charge in [-0.25, -0.2) is 8.42 Å². The largest absolute Gasteiger partial charge is 0.495 e. The molecule has 0 unspecified atom stereocenters. The molecule has 0 fully saturated rings. The second kappa shape index (κ2) is 10.4. The summed E-state index contributed by atoms with van der Waals surface area (Å²) in [4.78, 5) is 24.8. The number of carbonyl (C=O) groups is 2. The number of ether oxygens (including phenoxy) is 1. The van der Waals surface area contributed by atoms with Crippen LogP contribution in [0.2, 0.25) is 0 Å². The van der Waals surface area contributed by atoms with Gasteiger partial charge in [-0.05, 0) is 55.3 Å². The molecule has 2 aromatic rings. The van der Waals surface area contributed by atoms with E-state index >= 15 is 0 Å². The van der Waals surface area contributed by atoms with E-state index in [-0.39, 0.29) is 23.0 Å². The quantitative estimate of drug-likeness (QED) is 0.615. The minimum absolute atomic E-state index is 0.0477. The van der Waals surface area contributed by atoms with E-state index in [1.165, 1.54) is 29.6 Å². The van der Waals surface area contributed by atoms with Gasteiger partial charge in [-0.1, -0.05) is 19.9 Å². The topological polar surface area (TPSA) is 105 Å². The number of hydrogen-bond donors (Lipinski definition) is 2. The van der Waals surface area contributed by atoms with Gasteiger partial charge in [0, 0.05) is 18.7 Å². The zero-order valence-corrected chi connectivity index (χ0v) is 19.3. The third kappa shape index (κ3) is 5.83. The van der Waals surface area contributed by atoms with E-state index < -0.39 is 15.9 Å². The number of carbonyl (C=O) groups excluding carboxylic acids is 2. The third-order valence-electron chi connectivity index (χ3n) is 4.97. The highest BCUT2D eigenvalue weighted by Gasteiger charge is 2.23. The summed E-state index contributed by atoms with van der Waals surface area (Å²) < 4.78 is 32.1. The predicted molar refractivity (Wildman–Crippen MR) is 120 cm³/mol. The van der Waals surface area contributed by atoms with Crippen molar-refractivity contribution in [3.05, 3.63) is 53.1 Å². The van der Waals surface area contributed by atoms with Gasteiger partial charge in [-0.3, -0.25) is 9.59 Å². The Morgan fingerprint density at radius 3 is 2.26 bits per heavy atom. The Bertz CT molecular complexity index is 1060. The molecule has 0 bridgehead atoms. The van der Waals surface area contributed by atoms with Crippen molar-refractivity contribution < 1.29 is 22.7 Å². The summed E-state index contributed by atoms with van der Waals surface area (Å²) in [5.41, 5.74) is 2.72. The van der Waals surface area contributed by atoms with Gasteiger partial charge in [0.25, 0.3) is 5.91 Å². The first-order chi connectivity index (χ1) is 14.6. The number of nitrogens with zero attached hydrogens (tertiary/aromatic N) is 1. The van der Waals surface area contributed by atoms with Crippen LogP contribution in [-0.4, -0.2) is 51.3 Å². The van der Waals surface area contributed by atoms with Gasteiger partial charge in [0.05, 0.1) is 24.2 Å². The molecule has 9 heteroatoms. The van der Waals surface area contributed by atoms with Gasteiger partial charge < -0.3 is 15.4 Å². The van der Waals surface area contributed by atoms with Crippen LogP contribution in [0.1, 0.15) is 35.3 Å². The molecular weight excluding hydrogens is 418 g/mol. The number of methoxy groups -OCH3 is 1. The lowest BCUT2D eigenvalue weighted by Crippen LogP contribution is -2.33. The first-order valence-electron chi connectivity index (χ1n) is 9.97. The lowest BCUT2D eigenvalue weighted by atomic mass is 10.1. The molecule has 0 saturated carbocycles. The highest BCUT2D eigenvalue weighted by atomic mass is 32.2. The van der Waals surface area contributed by atoms with E-state index in [1.807, 2.05) is 19.9 Å². The molecule has 0 saturated heterocycles. The van der Waals surface area contributed by atoms with Gasteiger partial charge in [-0.2, -0.15) is 4.31 Å². The molecule has 0 spiro atoms. The Kier molecular flexibility index (Phi) is 8.18. The van der Waals surface area contributed by atoms with E-state index in [0.717, 1.165) is 11.1 Å². The fourth-order valence-corrected chi connectivity index (χ4v) is 4.48. The van der Waals surface area contributed by atoms with Crippen LogP contribution < -0.4 is 15.4 Å². The molecule has 0 aliphatic carbocycles. The Labute approximate surface area is 183 Å². The van der Waals surface area contributed by atoms with E-state index in [9.17, 15) is 18.0 Å². The fourth-order valence-electron chi connectivity index (χ4n) is 3.00. The third-order valence-corrected chi connectivity index (χ3v) is 7.01. The van der Waals surface area contributed by atoms with Crippen molar-refractivity contribution in [2.45, 2.75) is 32.6 Å². The van der Waals surface area contributed by atoms with Crippen molar-refractivity contribution in [3.63, 3.8) is 0 Å². The summed E-state index contributed by atoms with van der Waals surface area (Å²) >= 11 is 0. The summed E-state index contributed by atoms with van der Waals surface area (Å²) in [7, 11) is -2.28. The maximum atomic E-state index is 12.8. The van der Waals surface area contributed by atoms with Crippen molar-refractivity contribution in [1.82, 2.24) is 9.62 Å². The van der Waals surface area contributed by atoms with Crippen LogP contribution in [0.4, 0.5) is 5.69 Å². The van der Waals surface area contributed by atoms with Crippen molar-refractivity contribution in [2.75, 3.05) is 32.1 Å². The highest BCUT2D eigenvalue weighted by molar-refractivity contribution is 7.89. The Hall–Kier alpha value is -2.91. The normalized spacial score (nSPS) is 11.3. The number of anilines is 1. The summed E-state index contributed by atoms with van der Waals surface area (Å²) in [6, 6.07) is 9.57. The molecule has 168 valence electrons. The first kappa shape index (κ1) is 24.4. The first-order valence-corrected chi connectivity index (χ1v) is 11.4. The van der Waals surface area contributed by atoms with Crippen LogP contribution in [0.15, 0.2) is 41.3 Å². The zero-order chi connectivity index (χ0) is 23.2. The summed E-state index contributed by atoms with van der Waals surface area (Å²) in [6.07, 6.45) is 0. The fraction of sp³-hybridized carbons (Fsp3) is 0.364. The number of amides is 2. The predicted octanol–water partition coefficient (Wildman–Crippen LogP) is 2.71. The Balaban J connectivity index is 2.14. The van der Waals surface area contributed by atoms with Crippen molar-refractivity contribution in [3.8, 4) is 5.75 Å². The van der Waals surface area contributed by atoms with E-state index in [4.69, 9.17) is 4.74 Å². The number of rotatable bonds is 9. The Morgan fingerprint density at radius 2 is 1.68 bits per heavy atom. The molecule has 0 radical (unpaired) electrons. The van der Waals surface area contributed by atoms with Crippen LogP contribution in [0.25, 0.3) is 0 Å². The minimum atomic E-state index is -3.70. The standard InChI is InChI=1S/C22H29N3O5S/c1-6-25(7-2)31(28,29)18-10-11-20(30-5)19(13-18)24-21(26)14-23-22(27)17-9-8-15(3)16(4)12-17/h8-13H,6-7,14H2,1-5H3,(H,23,27)(H,24,26). The number of sulfonamides is 1. The number of benzene rings is 2. The molecule has 31 heavy (non-hydrogen) atoms. The average molecular weight is 448 g/mol. The summed E-state index contributed by atoms with van der Waals surface area (Å²) in [5.74, 6) is -0.566. The summed E-state index contributed by atoms with van der Waals surface area (Å²) in [5, 5.41) is 5.18. The second-order valence-corrected chi connectivity index (χ2v) is 8.92. The molecule has 2 amide bonds. The monoisotopic (exact) mass is 447 g/mol. The minimum Gasteiger partial charge on any atom is -0.495 e. The van der Waals surface area contributed by atoms with Gasteiger partial charge in [0.15, 0.2) is 0 Å². The lowest BCUT2D eigenvalue weighted by molar-refractivity contribution is -0.115. The van der Waals surface area contributed by atoms with Crippen LogP contribution in [0, 0.1) is 13.8 Å². The molecular formula is C22H29N3O5S. The van der Waals surface area contributed by atoms with E-state index in [2.05, 4.69) is 10.6 Å². The van der Waals surface area contributed by atoms with Gasteiger partial charge in [-0.15, -0.1) is 0 Å². The van der Waals surface area contributed by atoms with Crippen molar-refractivity contribution in [2.24, 2.45) is 0 Å². The van der Waals surface area contributed by atoms with Crippen LogP contribution >= 0.6 is 0 Å². The molecule has 2 N–H and O–H groups in total. The van der Waals surface area contributed by atoms with Crippen LogP contribution in [0.5, 0.6) is 5.75 Å². The molecule has 8 nitrogen and oxygen atoms in total. The van der Waals surface area contributed by atoms with Crippen molar-refractivity contribution >= 4 is 27.5 Å². The second-order valence-electron chi connectivity index (χ2n) is 6.98. The molecule has 0 atom stereocenters. The maximum absolute atomic E-state index is 12.8. The number of aryl methyl sites for hydroxylation is 2. The smallest absolute Gasteiger partial charge is 0.251 e. The average Bonchev–Trinajstić information content (AvgIpc) is 2.74. The van der Waals surface area contributed by atoms with Crippen LogP contribution in [0.3, 0.4) is 0 Å². The molecule has 0 aliphatic heterocycles. The van der Waals surface area contributed by atoms with Gasteiger partial charge in [0.1, 0.15) is 5.75 Å². The van der Waals surface area contributed by atoms with E-state index in [0.29, 0.717) is 24.4 Å². The lowest BCUT2D eigenvalue weighted by Gasteiger charge is -2.19. The molecule has 2 aromatic carbocycles. The Morgan fingerprint density at radius 1 is 1.00 bits per heavy atom. The SMILES string of the molecule is CCN(CC)S(=O)(=O)c1ccc(OC)c(NC(=O)CNC(=O)c2ccc(C)c(C)c2)c1. The highest BCUT2D eigenvalue weighted by Crippen LogP contribution is 2.28. The van der Waals surface area contributed by atoms with Gasteiger partial charge >= 0.3 is 0 Å².